The van der Waals surface area contributed by atoms with Crippen LogP contribution in [0.2, 0.25) is 0 Å². The molecule has 64 valence electrons. The second kappa shape index (κ2) is 2.46. The Morgan fingerprint density at radius 1 is 1.45 bits per heavy atom. The van der Waals surface area contributed by atoms with Crippen molar-refractivity contribution in [2.24, 2.45) is 0 Å². The molecule has 0 N–H and O–H groups in total. The Morgan fingerprint density at radius 3 is 2.91 bits per heavy atom. The average molecular weight is 156 g/mol. The normalized spacial score (nSPS) is 49.6. The van der Waals surface area contributed by atoms with Crippen LogP contribution in [0.25, 0.3) is 0 Å². The standard InChI is InChI=1S/C9H16O2/c1-3-7-8-5-4-6-9(2,10-7)11-8/h7-8H,3-6H2,1-2H3/t7-,8-,9-/m0/s1. The molecule has 2 bridgehead atoms. The molecule has 3 atom stereocenters. The predicted molar refractivity (Wildman–Crippen MR) is 42.3 cm³/mol. The van der Waals surface area contributed by atoms with Crippen molar-refractivity contribution in [3.8, 4) is 0 Å². The highest BCUT2D eigenvalue weighted by molar-refractivity contribution is 4.87. The number of fused-ring (bicyclic) bond motifs is 2. The van der Waals surface area contributed by atoms with E-state index >= 15 is 0 Å². The lowest BCUT2D eigenvalue weighted by atomic mass is 10.0. The fourth-order valence-electron chi connectivity index (χ4n) is 2.15. The van der Waals surface area contributed by atoms with E-state index in [0.717, 1.165) is 12.8 Å². The summed E-state index contributed by atoms with van der Waals surface area (Å²) in [5.74, 6) is -0.233. The Balaban J connectivity index is 2.10. The molecule has 0 spiro atoms. The van der Waals surface area contributed by atoms with Crippen LogP contribution in [0.15, 0.2) is 0 Å². The zero-order valence-electron chi connectivity index (χ0n) is 7.30. The van der Waals surface area contributed by atoms with E-state index < -0.39 is 0 Å². The minimum Gasteiger partial charge on any atom is -0.344 e. The van der Waals surface area contributed by atoms with Gasteiger partial charge in [0.1, 0.15) is 0 Å². The maximum Gasteiger partial charge on any atom is 0.166 e. The molecule has 0 radical (unpaired) electrons. The molecular weight excluding hydrogens is 140 g/mol. The molecule has 2 heteroatoms. The van der Waals surface area contributed by atoms with E-state index in [9.17, 15) is 0 Å². The second-order valence-electron chi connectivity index (χ2n) is 3.75. The average Bonchev–Trinajstić information content (AvgIpc) is 2.21. The van der Waals surface area contributed by atoms with Crippen molar-refractivity contribution >= 4 is 0 Å². The van der Waals surface area contributed by atoms with Crippen LogP contribution in [0.3, 0.4) is 0 Å². The van der Waals surface area contributed by atoms with Gasteiger partial charge in [-0.05, 0) is 26.2 Å². The Hall–Kier alpha value is -0.0800. The van der Waals surface area contributed by atoms with Gasteiger partial charge in [-0.3, -0.25) is 0 Å². The van der Waals surface area contributed by atoms with Gasteiger partial charge in [0.25, 0.3) is 0 Å². The largest absolute Gasteiger partial charge is 0.344 e. The van der Waals surface area contributed by atoms with Crippen LogP contribution in [-0.2, 0) is 9.47 Å². The van der Waals surface area contributed by atoms with Crippen molar-refractivity contribution in [3.05, 3.63) is 0 Å². The molecular formula is C9H16O2. The van der Waals surface area contributed by atoms with E-state index in [2.05, 4.69) is 13.8 Å². The number of hydrogen-bond acceptors (Lipinski definition) is 2. The van der Waals surface area contributed by atoms with Gasteiger partial charge in [0.05, 0.1) is 12.2 Å². The first-order valence-corrected chi connectivity index (χ1v) is 4.59. The zero-order chi connectivity index (χ0) is 7.90. The van der Waals surface area contributed by atoms with Crippen LogP contribution < -0.4 is 0 Å². The summed E-state index contributed by atoms with van der Waals surface area (Å²) >= 11 is 0. The molecule has 2 aliphatic heterocycles. The Morgan fingerprint density at radius 2 is 2.27 bits per heavy atom. The fourth-order valence-corrected chi connectivity index (χ4v) is 2.15. The van der Waals surface area contributed by atoms with Crippen molar-refractivity contribution in [2.45, 2.75) is 57.5 Å². The SMILES string of the molecule is CC[C@@H]1O[C@]2(C)CCC[C@@H]1O2. The van der Waals surface area contributed by atoms with Crippen LogP contribution >= 0.6 is 0 Å². The van der Waals surface area contributed by atoms with Crippen molar-refractivity contribution in [1.29, 1.82) is 0 Å². The fraction of sp³-hybridized carbons (Fsp3) is 1.00. The van der Waals surface area contributed by atoms with Gasteiger partial charge in [0.15, 0.2) is 5.79 Å². The van der Waals surface area contributed by atoms with Crippen molar-refractivity contribution in [1.82, 2.24) is 0 Å². The maximum atomic E-state index is 5.80. The highest BCUT2D eigenvalue weighted by Gasteiger charge is 2.45. The van der Waals surface area contributed by atoms with Crippen LogP contribution in [0, 0.1) is 0 Å². The third kappa shape index (κ3) is 1.18. The molecule has 0 aliphatic carbocycles. The molecule has 0 aromatic rings. The van der Waals surface area contributed by atoms with Gasteiger partial charge in [-0.15, -0.1) is 0 Å². The minimum atomic E-state index is -0.233. The van der Waals surface area contributed by atoms with Crippen LogP contribution in [0.5, 0.6) is 0 Å². The smallest absolute Gasteiger partial charge is 0.166 e. The molecule has 2 aliphatic rings. The molecule has 2 nitrogen and oxygen atoms in total. The van der Waals surface area contributed by atoms with Gasteiger partial charge in [0.2, 0.25) is 0 Å². The second-order valence-corrected chi connectivity index (χ2v) is 3.75. The molecule has 2 fully saturated rings. The monoisotopic (exact) mass is 156 g/mol. The summed E-state index contributed by atoms with van der Waals surface area (Å²) < 4.78 is 11.6. The highest BCUT2D eigenvalue weighted by Crippen LogP contribution is 2.40. The lowest BCUT2D eigenvalue weighted by Gasteiger charge is -2.26. The molecule has 0 amide bonds. The first-order valence-electron chi connectivity index (χ1n) is 4.59. The molecule has 0 aromatic carbocycles. The Kier molecular flexibility index (Phi) is 1.69. The third-order valence-electron chi connectivity index (χ3n) is 2.74. The van der Waals surface area contributed by atoms with Gasteiger partial charge < -0.3 is 9.47 Å². The molecule has 0 unspecified atom stereocenters. The molecule has 2 heterocycles. The molecule has 2 rings (SSSR count). The predicted octanol–water partition coefficient (Wildman–Crippen LogP) is 2.08. The summed E-state index contributed by atoms with van der Waals surface area (Å²) in [5, 5.41) is 0. The summed E-state index contributed by atoms with van der Waals surface area (Å²) in [6, 6.07) is 0. The lowest BCUT2D eigenvalue weighted by molar-refractivity contribution is -0.179. The van der Waals surface area contributed by atoms with E-state index in [0.29, 0.717) is 12.2 Å². The highest BCUT2D eigenvalue weighted by atomic mass is 16.8. The summed E-state index contributed by atoms with van der Waals surface area (Å²) in [6.07, 6.45) is 5.35. The molecule has 11 heavy (non-hydrogen) atoms. The van der Waals surface area contributed by atoms with E-state index in [1.807, 2.05) is 0 Å². The Labute approximate surface area is 67.9 Å². The minimum absolute atomic E-state index is 0.233. The van der Waals surface area contributed by atoms with Gasteiger partial charge in [-0.2, -0.15) is 0 Å². The van der Waals surface area contributed by atoms with E-state index in [4.69, 9.17) is 9.47 Å². The van der Waals surface area contributed by atoms with E-state index in [-0.39, 0.29) is 5.79 Å². The number of hydrogen-bond donors (Lipinski definition) is 0. The summed E-state index contributed by atoms with van der Waals surface area (Å²) in [5.41, 5.74) is 0. The lowest BCUT2D eigenvalue weighted by Crippen LogP contribution is -2.30. The van der Waals surface area contributed by atoms with E-state index in [1.165, 1.54) is 12.8 Å². The first kappa shape index (κ1) is 7.56. The zero-order valence-corrected chi connectivity index (χ0v) is 7.30. The van der Waals surface area contributed by atoms with E-state index in [1.54, 1.807) is 0 Å². The third-order valence-corrected chi connectivity index (χ3v) is 2.74. The van der Waals surface area contributed by atoms with Crippen LogP contribution in [0.1, 0.15) is 39.5 Å². The van der Waals surface area contributed by atoms with Crippen molar-refractivity contribution in [3.63, 3.8) is 0 Å². The van der Waals surface area contributed by atoms with Crippen LogP contribution in [-0.4, -0.2) is 18.0 Å². The number of rotatable bonds is 1. The van der Waals surface area contributed by atoms with Gasteiger partial charge in [-0.25, -0.2) is 0 Å². The van der Waals surface area contributed by atoms with Gasteiger partial charge in [-0.1, -0.05) is 6.92 Å². The molecule has 0 aromatic heterocycles. The number of ether oxygens (including phenoxy) is 2. The van der Waals surface area contributed by atoms with Crippen LogP contribution in [0.4, 0.5) is 0 Å². The van der Waals surface area contributed by atoms with Gasteiger partial charge in [0, 0.05) is 6.42 Å². The summed E-state index contributed by atoms with van der Waals surface area (Å²) in [6.45, 7) is 4.23. The summed E-state index contributed by atoms with van der Waals surface area (Å²) in [7, 11) is 0. The van der Waals surface area contributed by atoms with Crippen molar-refractivity contribution in [2.75, 3.05) is 0 Å². The van der Waals surface area contributed by atoms with Crippen molar-refractivity contribution < 1.29 is 9.47 Å². The van der Waals surface area contributed by atoms with Gasteiger partial charge >= 0.3 is 0 Å². The summed E-state index contributed by atoms with van der Waals surface area (Å²) in [4.78, 5) is 0. The first-order chi connectivity index (χ1) is 5.23. The maximum absolute atomic E-state index is 5.80. The molecule has 2 saturated heterocycles. The topological polar surface area (TPSA) is 18.5 Å². The quantitative estimate of drug-likeness (QED) is 0.578. The molecule has 0 saturated carbocycles. The Bertz CT molecular complexity index is 158.